The summed E-state index contributed by atoms with van der Waals surface area (Å²) < 4.78 is 7.49. The van der Waals surface area contributed by atoms with E-state index in [9.17, 15) is 4.79 Å². The van der Waals surface area contributed by atoms with Crippen LogP contribution >= 0.6 is 0 Å². The van der Waals surface area contributed by atoms with Gasteiger partial charge < -0.3 is 14.0 Å². The normalized spacial score (nSPS) is 17.7. The second-order valence-electron chi connectivity index (χ2n) is 7.66. The van der Waals surface area contributed by atoms with E-state index in [1.54, 1.807) is 11.0 Å². The fourth-order valence-electron chi connectivity index (χ4n) is 3.23. The Morgan fingerprint density at radius 2 is 2.15 bits per heavy atom. The number of carbonyl (C=O) groups excluding carboxylic acids is 1. The Morgan fingerprint density at radius 3 is 2.88 bits per heavy atom. The lowest BCUT2D eigenvalue weighted by Crippen LogP contribution is -2.31. The molecule has 1 fully saturated rings. The van der Waals surface area contributed by atoms with Crippen molar-refractivity contribution >= 4 is 5.91 Å². The minimum atomic E-state index is -0.0852. The van der Waals surface area contributed by atoms with Crippen molar-refractivity contribution in [3.8, 4) is 0 Å². The first-order valence-electron chi connectivity index (χ1n) is 9.40. The maximum atomic E-state index is 12.8. The number of fused-ring (bicyclic) bond motifs is 1. The number of rotatable bonds is 5. The summed E-state index contributed by atoms with van der Waals surface area (Å²) in [7, 11) is 2.08. The molecule has 0 aromatic carbocycles. The molecule has 1 saturated carbocycles. The molecule has 1 amide bonds. The summed E-state index contributed by atoms with van der Waals surface area (Å²) in [5.74, 6) is 3.01. The Morgan fingerprint density at radius 1 is 1.35 bits per heavy atom. The van der Waals surface area contributed by atoms with Crippen molar-refractivity contribution in [2.45, 2.75) is 64.7 Å². The highest BCUT2D eigenvalue weighted by molar-refractivity contribution is 5.92. The van der Waals surface area contributed by atoms with Crippen LogP contribution in [0.3, 0.4) is 0 Å². The molecule has 0 N–H and O–H groups in total. The third-order valence-corrected chi connectivity index (χ3v) is 5.33. The number of hydrogen-bond acceptors (Lipinski definition) is 6. The number of aromatic nitrogens is 4. The first-order chi connectivity index (χ1) is 12.5. The average Bonchev–Trinajstić information content (AvgIpc) is 3.30. The Kier molecular flexibility index (Phi) is 4.52. The lowest BCUT2D eigenvalue weighted by Gasteiger charge is -2.20. The molecule has 2 aromatic heterocycles. The molecule has 26 heavy (non-hydrogen) atoms. The molecule has 0 bridgehead atoms. The van der Waals surface area contributed by atoms with E-state index in [0.29, 0.717) is 30.7 Å². The minimum Gasteiger partial charge on any atom is -0.360 e. The molecule has 140 valence electrons. The Balaban J connectivity index is 1.49. The largest absolute Gasteiger partial charge is 0.360 e. The van der Waals surface area contributed by atoms with Crippen LogP contribution in [-0.4, -0.2) is 55.3 Å². The summed E-state index contributed by atoms with van der Waals surface area (Å²) in [6.45, 7) is 7.06. The summed E-state index contributed by atoms with van der Waals surface area (Å²) in [5, 5.41) is 12.7. The SMILES string of the molecule is CC(C)N(C)Cc1nnc2n1CCCN(C(=O)c1cc(C3CC3)on1)C2. The van der Waals surface area contributed by atoms with Crippen molar-refractivity contribution in [3.05, 3.63) is 29.2 Å². The zero-order chi connectivity index (χ0) is 18.3. The second kappa shape index (κ2) is 6.83. The van der Waals surface area contributed by atoms with Crippen LogP contribution in [-0.2, 0) is 19.6 Å². The molecule has 1 aliphatic heterocycles. The van der Waals surface area contributed by atoms with E-state index >= 15 is 0 Å². The molecule has 3 heterocycles. The van der Waals surface area contributed by atoms with E-state index in [2.05, 4.69) is 45.7 Å². The van der Waals surface area contributed by atoms with Crippen molar-refractivity contribution < 1.29 is 9.32 Å². The van der Waals surface area contributed by atoms with Crippen molar-refractivity contribution in [3.63, 3.8) is 0 Å². The third kappa shape index (κ3) is 3.38. The highest BCUT2D eigenvalue weighted by Gasteiger charge is 2.31. The van der Waals surface area contributed by atoms with Crippen LogP contribution in [0, 0.1) is 0 Å². The molecule has 1 aliphatic carbocycles. The summed E-state index contributed by atoms with van der Waals surface area (Å²) >= 11 is 0. The van der Waals surface area contributed by atoms with Gasteiger partial charge in [-0.25, -0.2) is 0 Å². The summed E-state index contributed by atoms with van der Waals surface area (Å²) in [5.41, 5.74) is 0.402. The monoisotopic (exact) mass is 358 g/mol. The predicted molar refractivity (Wildman–Crippen MR) is 94.5 cm³/mol. The lowest BCUT2D eigenvalue weighted by molar-refractivity contribution is 0.0733. The van der Waals surface area contributed by atoms with E-state index in [0.717, 1.165) is 49.8 Å². The molecule has 0 unspecified atom stereocenters. The lowest BCUT2D eigenvalue weighted by atomic mass is 10.2. The molecule has 2 aliphatic rings. The van der Waals surface area contributed by atoms with Gasteiger partial charge in [0, 0.05) is 31.1 Å². The molecule has 2 aromatic rings. The molecular weight excluding hydrogens is 332 g/mol. The van der Waals surface area contributed by atoms with Crippen LogP contribution in [0.25, 0.3) is 0 Å². The predicted octanol–water partition coefficient (Wildman–Crippen LogP) is 2.03. The summed E-state index contributed by atoms with van der Waals surface area (Å²) in [4.78, 5) is 16.9. The highest BCUT2D eigenvalue weighted by atomic mass is 16.5. The smallest absolute Gasteiger partial charge is 0.276 e. The van der Waals surface area contributed by atoms with Crippen LogP contribution in [0.15, 0.2) is 10.6 Å². The van der Waals surface area contributed by atoms with Crippen molar-refractivity contribution in [1.29, 1.82) is 0 Å². The fourth-order valence-corrected chi connectivity index (χ4v) is 3.23. The topological polar surface area (TPSA) is 80.3 Å². The van der Waals surface area contributed by atoms with Gasteiger partial charge >= 0.3 is 0 Å². The molecule has 0 spiro atoms. The van der Waals surface area contributed by atoms with Gasteiger partial charge in [0.1, 0.15) is 11.6 Å². The number of nitrogens with zero attached hydrogens (tertiary/aromatic N) is 6. The molecule has 8 heteroatoms. The van der Waals surface area contributed by atoms with Crippen LogP contribution in [0.1, 0.15) is 66.9 Å². The van der Waals surface area contributed by atoms with Crippen LogP contribution in [0.2, 0.25) is 0 Å². The highest BCUT2D eigenvalue weighted by Crippen LogP contribution is 2.40. The van der Waals surface area contributed by atoms with Gasteiger partial charge in [-0.15, -0.1) is 10.2 Å². The first-order valence-corrected chi connectivity index (χ1v) is 9.40. The van der Waals surface area contributed by atoms with Crippen molar-refractivity contribution in [2.24, 2.45) is 0 Å². The maximum absolute atomic E-state index is 12.8. The number of hydrogen-bond donors (Lipinski definition) is 0. The van der Waals surface area contributed by atoms with Crippen LogP contribution in [0.4, 0.5) is 0 Å². The van der Waals surface area contributed by atoms with Gasteiger partial charge in [0.25, 0.3) is 5.91 Å². The van der Waals surface area contributed by atoms with E-state index < -0.39 is 0 Å². The number of carbonyl (C=O) groups is 1. The van der Waals surface area contributed by atoms with Gasteiger partial charge in [0.05, 0.1) is 13.1 Å². The first kappa shape index (κ1) is 17.2. The quantitative estimate of drug-likeness (QED) is 0.814. The van der Waals surface area contributed by atoms with Crippen LogP contribution < -0.4 is 0 Å². The van der Waals surface area contributed by atoms with E-state index in [1.807, 2.05) is 0 Å². The van der Waals surface area contributed by atoms with Gasteiger partial charge in [-0.1, -0.05) is 5.16 Å². The Hall–Kier alpha value is -2.22. The Bertz CT molecular complexity index is 791. The van der Waals surface area contributed by atoms with Crippen LogP contribution in [0.5, 0.6) is 0 Å². The van der Waals surface area contributed by atoms with Gasteiger partial charge in [-0.05, 0) is 40.2 Å². The third-order valence-electron chi connectivity index (χ3n) is 5.33. The molecule has 0 atom stereocenters. The van der Waals surface area contributed by atoms with Gasteiger partial charge in [-0.3, -0.25) is 9.69 Å². The van der Waals surface area contributed by atoms with Gasteiger partial charge in [0.2, 0.25) is 0 Å². The maximum Gasteiger partial charge on any atom is 0.276 e. The standard InChI is InChI=1S/C18H26N6O2/c1-12(2)22(3)10-16-19-20-17-11-23(7-4-8-24(16)17)18(25)14-9-15(26-21-14)13-5-6-13/h9,12-13H,4-8,10-11H2,1-3H3. The van der Waals surface area contributed by atoms with Gasteiger partial charge in [0.15, 0.2) is 11.5 Å². The number of amides is 1. The second-order valence-corrected chi connectivity index (χ2v) is 7.66. The fraction of sp³-hybridized carbons (Fsp3) is 0.667. The van der Waals surface area contributed by atoms with Gasteiger partial charge in [-0.2, -0.15) is 0 Å². The molecule has 0 radical (unpaired) electrons. The minimum absolute atomic E-state index is 0.0852. The van der Waals surface area contributed by atoms with E-state index in [-0.39, 0.29) is 5.91 Å². The zero-order valence-electron chi connectivity index (χ0n) is 15.7. The molecule has 8 nitrogen and oxygen atoms in total. The van der Waals surface area contributed by atoms with Crippen molar-refractivity contribution in [2.75, 3.05) is 13.6 Å². The summed E-state index contributed by atoms with van der Waals surface area (Å²) in [6, 6.07) is 2.25. The molecule has 4 rings (SSSR count). The average molecular weight is 358 g/mol. The molecular formula is C18H26N6O2. The van der Waals surface area contributed by atoms with Crippen molar-refractivity contribution in [1.82, 2.24) is 29.7 Å². The Labute approximate surface area is 153 Å². The van der Waals surface area contributed by atoms with E-state index in [1.165, 1.54) is 0 Å². The van der Waals surface area contributed by atoms with E-state index in [4.69, 9.17) is 4.52 Å². The molecule has 0 saturated heterocycles. The summed E-state index contributed by atoms with van der Waals surface area (Å²) in [6.07, 6.45) is 3.13. The zero-order valence-corrected chi connectivity index (χ0v) is 15.7.